The highest BCUT2D eigenvalue weighted by Gasteiger charge is 1.97. The van der Waals surface area contributed by atoms with Crippen molar-refractivity contribution < 1.29 is 9.13 Å². The van der Waals surface area contributed by atoms with Crippen LogP contribution in [0.2, 0.25) is 0 Å². The average molecular weight is 164 g/mol. The fourth-order valence-corrected chi connectivity index (χ4v) is 0.897. The van der Waals surface area contributed by atoms with Crippen LogP contribution >= 0.6 is 0 Å². The summed E-state index contributed by atoms with van der Waals surface area (Å²) in [4.78, 5) is 0. The molecule has 0 aliphatic carbocycles. The van der Waals surface area contributed by atoms with Crippen molar-refractivity contribution in [3.63, 3.8) is 0 Å². The summed E-state index contributed by atoms with van der Waals surface area (Å²) in [6.07, 6.45) is 0. The molecule has 0 saturated carbocycles. The van der Waals surface area contributed by atoms with E-state index in [2.05, 4.69) is 11.8 Å². The zero-order chi connectivity index (χ0) is 8.97. The summed E-state index contributed by atoms with van der Waals surface area (Å²) in [5.74, 6) is 5.61. The van der Waals surface area contributed by atoms with Crippen molar-refractivity contribution in [3.8, 4) is 17.6 Å². The van der Waals surface area contributed by atoms with E-state index < -0.39 is 0 Å². The van der Waals surface area contributed by atoms with Crippen LogP contribution in [0.4, 0.5) is 4.39 Å². The molecule has 2 heteroatoms. The minimum atomic E-state index is -0.327. The Balaban J connectivity index is 3.12. The molecule has 0 radical (unpaired) electrons. The Morgan fingerprint density at radius 2 is 2.08 bits per heavy atom. The quantitative estimate of drug-likeness (QED) is 0.578. The number of rotatable bonds is 1. The van der Waals surface area contributed by atoms with Crippen LogP contribution in [-0.4, -0.2) is 7.11 Å². The van der Waals surface area contributed by atoms with Crippen molar-refractivity contribution in [2.45, 2.75) is 6.92 Å². The number of hydrogen-bond donors (Lipinski definition) is 0. The van der Waals surface area contributed by atoms with E-state index in [1.165, 1.54) is 19.2 Å². The zero-order valence-corrected chi connectivity index (χ0v) is 7.02. The lowest BCUT2D eigenvalue weighted by molar-refractivity contribution is 0.411. The molecular weight excluding hydrogens is 155 g/mol. The summed E-state index contributed by atoms with van der Waals surface area (Å²) < 4.78 is 17.7. The van der Waals surface area contributed by atoms with Crippen LogP contribution in [0.5, 0.6) is 5.75 Å². The third kappa shape index (κ3) is 2.00. The third-order valence-electron chi connectivity index (χ3n) is 1.38. The Morgan fingerprint density at radius 1 is 1.33 bits per heavy atom. The molecule has 0 spiro atoms. The Kier molecular flexibility index (Phi) is 2.71. The van der Waals surface area contributed by atoms with Crippen molar-refractivity contribution in [1.29, 1.82) is 0 Å². The maximum Gasteiger partial charge on any atom is 0.128 e. The van der Waals surface area contributed by atoms with E-state index in [1.54, 1.807) is 13.0 Å². The highest BCUT2D eigenvalue weighted by Crippen LogP contribution is 2.14. The summed E-state index contributed by atoms with van der Waals surface area (Å²) >= 11 is 0. The van der Waals surface area contributed by atoms with Gasteiger partial charge >= 0.3 is 0 Å². The van der Waals surface area contributed by atoms with Gasteiger partial charge in [-0.25, -0.2) is 4.39 Å². The van der Waals surface area contributed by atoms with Gasteiger partial charge in [-0.15, -0.1) is 5.92 Å². The lowest BCUT2D eigenvalue weighted by Crippen LogP contribution is -1.86. The summed E-state index contributed by atoms with van der Waals surface area (Å²) in [6.45, 7) is 1.71. The molecule has 0 fully saturated rings. The maximum atomic E-state index is 12.8. The molecule has 1 aromatic rings. The van der Waals surface area contributed by atoms with Gasteiger partial charge in [0.25, 0.3) is 0 Å². The first-order valence-corrected chi connectivity index (χ1v) is 3.53. The van der Waals surface area contributed by atoms with Gasteiger partial charge in [0.15, 0.2) is 0 Å². The second-order valence-electron chi connectivity index (χ2n) is 2.25. The molecule has 12 heavy (non-hydrogen) atoms. The first kappa shape index (κ1) is 8.61. The van der Waals surface area contributed by atoms with Crippen molar-refractivity contribution in [2.24, 2.45) is 0 Å². The molecule has 1 aromatic carbocycles. The predicted octanol–water partition coefficient (Wildman–Crippen LogP) is 2.21. The molecule has 0 heterocycles. The highest BCUT2D eigenvalue weighted by atomic mass is 19.1. The first-order chi connectivity index (χ1) is 5.76. The summed E-state index contributed by atoms with van der Waals surface area (Å²) in [7, 11) is 1.50. The first-order valence-electron chi connectivity index (χ1n) is 3.53. The van der Waals surface area contributed by atoms with Gasteiger partial charge in [0.1, 0.15) is 11.6 Å². The summed E-state index contributed by atoms with van der Waals surface area (Å²) in [5, 5.41) is 0. The number of halogens is 1. The van der Waals surface area contributed by atoms with E-state index >= 15 is 0 Å². The molecular formula is C10H9FO. The Hall–Kier alpha value is -1.49. The number of benzene rings is 1. The van der Waals surface area contributed by atoms with E-state index in [9.17, 15) is 4.39 Å². The van der Waals surface area contributed by atoms with Gasteiger partial charge in [-0.3, -0.25) is 0 Å². The van der Waals surface area contributed by atoms with E-state index in [-0.39, 0.29) is 5.82 Å². The minimum absolute atomic E-state index is 0.327. The molecule has 0 unspecified atom stereocenters. The molecule has 0 aromatic heterocycles. The van der Waals surface area contributed by atoms with Crippen LogP contribution < -0.4 is 4.74 Å². The zero-order valence-electron chi connectivity index (χ0n) is 7.02. The van der Waals surface area contributed by atoms with Gasteiger partial charge in [0, 0.05) is 11.6 Å². The third-order valence-corrected chi connectivity index (χ3v) is 1.38. The Bertz CT molecular complexity index is 333. The Labute approximate surface area is 71.2 Å². The second-order valence-corrected chi connectivity index (χ2v) is 2.25. The summed E-state index contributed by atoms with van der Waals surface area (Å²) in [6, 6.07) is 4.39. The van der Waals surface area contributed by atoms with E-state index in [0.717, 1.165) is 0 Å². The van der Waals surface area contributed by atoms with Gasteiger partial charge in [-0.05, 0) is 19.1 Å². The van der Waals surface area contributed by atoms with Crippen molar-refractivity contribution >= 4 is 0 Å². The normalized spacial score (nSPS) is 8.58. The van der Waals surface area contributed by atoms with Crippen LogP contribution in [0, 0.1) is 17.7 Å². The van der Waals surface area contributed by atoms with Gasteiger partial charge < -0.3 is 4.74 Å². The number of hydrogen-bond acceptors (Lipinski definition) is 1. The van der Waals surface area contributed by atoms with Crippen LogP contribution in [0.25, 0.3) is 0 Å². The standard InChI is InChI=1S/C10H9FO/c1-3-4-8-5-9(11)7-10(6-8)12-2/h5-7H,1-2H3. The smallest absolute Gasteiger partial charge is 0.128 e. The topological polar surface area (TPSA) is 9.23 Å². The fourth-order valence-electron chi connectivity index (χ4n) is 0.897. The molecule has 0 N–H and O–H groups in total. The van der Waals surface area contributed by atoms with E-state index in [0.29, 0.717) is 11.3 Å². The Morgan fingerprint density at radius 3 is 2.67 bits per heavy atom. The largest absolute Gasteiger partial charge is 0.497 e. The van der Waals surface area contributed by atoms with Crippen LogP contribution in [-0.2, 0) is 0 Å². The molecule has 1 rings (SSSR count). The van der Waals surface area contributed by atoms with Gasteiger partial charge in [0.05, 0.1) is 7.11 Å². The van der Waals surface area contributed by atoms with Gasteiger partial charge in [-0.1, -0.05) is 5.92 Å². The second kappa shape index (κ2) is 3.77. The minimum Gasteiger partial charge on any atom is -0.497 e. The van der Waals surface area contributed by atoms with Crippen molar-refractivity contribution in [3.05, 3.63) is 29.6 Å². The molecule has 0 saturated heterocycles. The number of ether oxygens (including phenoxy) is 1. The van der Waals surface area contributed by atoms with Crippen LogP contribution in [0.15, 0.2) is 18.2 Å². The SMILES string of the molecule is CC#Cc1cc(F)cc(OC)c1. The summed E-state index contributed by atoms with van der Waals surface area (Å²) in [5.41, 5.74) is 0.634. The fraction of sp³-hybridized carbons (Fsp3) is 0.200. The molecule has 0 bridgehead atoms. The monoisotopic (exact) mass is 164 g/mol. The van der Waals surface area contributed by atoms with E-state index in [4.69, 9.17) is 4.74 Å². The maximum absolute atomic E-state index is 12.8. The van der Waals surface area contributed by atoms with Gasteiger partial charge in [-0.2, -0.15) is 0 Å². The van der Waals surface area contributed by atoms with Crippen molar-refractivity contribution in [2.75, 3.05) is 7.11 Å². The van der Waals surface area contributed by atoms with Crippen LogP contribution in [0.3, 0.4) is 0 Å². The molecule has 0 aliphatic rings. The van der Waals surface area contributed by atoms with Gasteiger partial charge in [0.2, 0.25) is 0 Å². The predicted molar refractivity (Wildman–Crippen MR) is 45.5 cm³/mol. The lowest BCUT2D eigenvalue weighted by Gasteiger charge is -1.99. The van der Waals surface area contributed by atoms with Crippen molar-refractivity contribution in [1.82, 2.24) is 0 Å². The lowest BCUT2D eigenvalue weighted by atomic mass is 10.2. The molecule has 0 aliphatic heterocycles. The molecule has 0 amide bonds. The molecule has 62 valence electrons. The van der Waals surface area contributed by atoms with Crippen LogP contribution in [0.1, 0.15) is 12.5 Å². The molecule has 0 atom stereocenters. The average Bonchev–Trinajstić information content (AvgIpc) is 2.04. The highest BCUT2D eigenvalue weighted by molar-refractivity contribution is 5.40. The molecule has 1 nitrogen and oxygen atoms in total. The van der Waals surface area contributed by atoms with E-state index in [1.807, 2.05) is 0 Å². The number of methoxy groups -OCH3 is 1.